The van der Waals surface area contributed by atoms with Crippen LogP contribution in [0.3, 0.4) is 0 Å². The maximum atomic E-state index is 5.28. The summed E-state index contributed by atoms with van der Waals surface area (Å²) in [6, 6.07) is 14.3. The highest BCUT2D eigenvalue weighted by atomic mass is 16.5. The Balaban J connectivity index is 1.83. The van der Waals surface area contributed by atoms with E-state index in [0.29, 0.717) is 5.92 Å². The first-order chi connectivity index (χ1) is 10.3. The van der Waals surface area contributed by atoms with Gasteiger partial charge in [-0.1, -0.05) is 24.3 Å². The number of rotatable bonds is 3. The molecule has 3 nitrogen and oxygen atoms in total. The Morgan fingerprint density at radius 2 is 1.67 bits per heavy atom. The molecule has 0 radical (unpaired) electrons. The molecule has 1 unspecified atom stereocenters. The number of benzene rings is 2. The lowest BCUT2D eigenvalue weighted by atomic mass is 9.98. The van der Waals surface area contributed by atoms with Crippen molar-refractivity contribution >= 4 is 11.8 Å². The highest BCUT2D eigenvalue weighted by molar-refractivity contribution is 5.70. The highest BCUT2D eigenvalue weighted by Crippen LogP contribution is 2.30. The van der Waals surface area contributed by atoms with Crippen LogP contribution in [0.1, 0.15) is 17.0 Å². The van der Waals surface area contributed by atoms with Gasteiger partial charge in [-0.25, -0.2) is 0 Å². The molecule has 0 aromatic heterocycles. The molecule has 2 aromatic carbocycles. The topological polar surface area (TPSA) is 30.5 Å². The monoisotopic (exact) mass is 281 g/mol. The van der Waals surface area contributed by atoms with Gasteiger partial charge in [0.1, 0.15) is 11.5 Å². The second-order valence-corrected chi connectivity index (χ2v) is 5.07. The largest absolute Gasteiger partial charge is 0.497 e. The van der Waals surface area contributed by atoms with Crippen LogP contribution in [0.15, 0.2) is 48.5 Å². The van der Waals surface area contributed by atoms with Crippen molar-refractivity contribution in [2.75, 3.05) is 26.1 Å². The van der Waals surface area contributed by atoms with Crippen LogP contribution in [-0.4, -0.2) is 20.8 Å². The van der Waals surface area contributed by atoms with Crippen molar-refractivity contribution in [3.63, 3.8) is 0 Å². The van der Waals surface area contributed by atoms with Crippen LogP contribution in [-0.2, 0) is 0 Å². The van der Waals surface area contributed by atoms with Crippen molar-refractivity contribution in [2.45, 2.75) is 5.92 Å². The molecule has 1 atom stereocenters. The van der Waals surface area contributed by atoms with E-state index in [4.69, 9.17) is 9.47 Å². The van der Waals surface area contributed by atoms with Crippen LogP contribution in [0.2, 0.25) is 0 Å². The second kappa shape index (κ2) is 5.92. The predicted octanol–water partition coefficient (Wildman–Crippen LogP) is 3.93. The molecule has 0 aliphatic carbocycles. The van der Waals surface area contributed by atoms with Crippen molar-refractivity contribution < 1.29 is 9.47 Å². The predicted molar refractivity (Wildman–Crippen MR) is 86.3 cm³/mol. The van der Waals surface area contributed by atoms with Gasteiger partial charge >= 0.3 is 0 Å². The van der Waals surface area contributed by atoms with Gasteiger partial charge in [0.25, 0.3) is 0 Å². The molecular weight excluding hydrogens is 262 g/mol. The SMILES string of the molecule is COc1ccc(C2C=Cc3ccc(OC)cc3NC2)cc1. The van der Waals surface area contributed by atoms with Gasteiger partial charge in [-0.2, -0.15) is 0 Å². The summed E-state index contributed by atoms with van der Waals surface area (Å²) < 4.78 is 10.5. The molecule has 21 heavy (non-hydrogen) atoms. The zero-order valence-electron chi connectivity index (χ0n) is 12.3. The molecule has 3 heteroatoms. The molecule has 1 heterocycles. The van der Waals surface area contributed by atoms with E-state index in [-0.39, 0.29) is 0 Å². The van der Waals surface area contributed by atoms with E-state index in [1.54, 1.807) is 14.2 Å². The number of hydrogen-bond acceptors (Lipinski definition) is 3. The number of methoxy groups -OCH3 is 2. The summed E-state index contributed by atoms with van der Waals surface area (Å²) >= 11 is 0. The summed E-state index contributed by atoms with van der Waals surface area (Å²) in [5.41, 5.74) is 3.58. The van der Waals surface area contributed by atoms with Gasteiger partial charge in [0, 0.05) is 24.2 Å². The molecule has 1 aliphatic rings. The first-order valence-electron chi connectivity index (χ1n) is 7.04. The Morgan fingerprint density at radius 1 is 0.952 bits per heavy atom. The van der Waals surface area contributed by atoms with E-state index < -0.39 is 0 Å². The maximum Gasteiger partial charge on any atom is 0.120 e. The van der Waals surface area contributed by atoms with Crippen molar-refractivity contribution in [3.8, 4) is 11.5 Å². The number of ether oxygens (including phenoxy) is 2. The van der Waals surface area contributed by atoms with Crippen LogP contribution >= 0.6 is 0 Å². The first-order valence-corrected chi connectivity index (χ1v) is 7.04. The van der Waals surface area contributed by atoms with Crippen molar-refractivity contribution in [2.24, 2.45) is 0 Å². The van der Waals surface area contributed by atoms with Gasteiger partial charge in [-0.15, -0.1) is 0 Å². The standard InChI is InChI=1S/C18H19NO2/c1-20-16-8-5-13(6-9-16)15-4-3-14-7-10-17(21-2)11-18(14)19-12-15/h3-11,15,19H,12H2,1-2H3. The molecule has 0 spiro atoms. The van der Waals surface area contributed by atoms with Crippen molar-refractivity contribution in [1.82, 2.24) is 0 Å². The number of hydrogen-bond donors (Lipinski definition) is 1. The van der Waals surface area contributed by atoms with Crippen LogP contribution in [0, 0.1) is 0 Å². The van der Waals surface area contributed by atoms with Crippen LogP contribution in [0.5, 0.6) is 11.5 Å². The lowest BCUT2D eigenvalue weighted by Gasteiger charge is -2.14. The van der Waals surface area contributed by atoms with Gasteiger partial charge in [0.15, 0.2) is 0 Å². The number of anilines is 1. The number of nitrogens with one attached hydrogen (secondary N) is 1. The quantitative estimate of drug-likeness (QED) is 0.924. The van der Waals surface area contributed by atoms with Crippen molar-refractivity contribution in [1.29, 1.82) is 0 Å². The Kier molecular flexibility index (Phi) is 3.82. The molecule has 0 saturated heterocycles. The van der Waals surface area contributed by atoms with Gasteiger partial charge < -0.3 is 14.8 Å². The van der Waals surface area contributed by atoms with E-state index >= 15 is 0 Å². The van der Waals surface area contributed by atoms with Gasteiger partial charge in [0.05, 0.1) is 14.2 Å². The minimum atomic E-state index is 0.342. The lowest BCUT2D eigenvalue weighted by molar-refractivity contribution is 0.414. The molecule has 0 saturated carbocycles. The Hall–Kier alpha value is -2.42. The highest BCUT2D eigenvalue weighted by Gasteiger charge is 2.13. The molecule has 1 aliphatic heterocycles. The summed E-state index contributed by atoms with van der Waals surface area (Å²) in [6.45, 7) is 0.864. The zero-order valence-corrected chi connectivity index (χ0v) is 12.3. The summed E-state index contributed by atoms with van der Waals surface area (Å²) in [4.78, 5) is 0. The van der Waals surface area contributed by atoms with Crippen LogP contribution < -0.4 is 14.8 Å². The zero-order chi connectivity index (χ0) is 14.7. The average Bonchev–Trinajstić information content (AvgIpc) is 2.76. The molecule has 108 valence electrons. The Labute approximate surface area is 125 Å². The second-order valence-electron chi connectivity index (χ2n) is 5.07. The van der Waals surface area contributed by atoms with Gasteiger partial charge in [-0.05, 0) is 35.4 Å². The molecule has 0 bridgehead atoms. The third kappa shape index (κ3) is 2.87. The van der Waals surface area contributed by atoms with E-state index in [9.17, 15) is 0 Å². The van der Waals surface area contributed by atoms with Crippen LogP contribution in [0.25, 0.3) is 6.08 Å². The third-order valence-electron chi connectivity index (χ3n) is 3.82. The normalized spacial score (nSPS) is 16.6. The fourth-order valence-corrected chi connectivity index (χ4v) is 2.55. The number of fused-ring (bicyclic) bond motifs is 1. The summed E-state index contributed by atoms with van der Waals surface area (Å²) in [7, 11) is 3.38. The third-order valence-corrected chi connectivity index (χ3v) is 3.82. The average molecular weight is 281 g/mol. The summed E-state index contributed by atoms with van der Waals surface area (Å²) in [5, 5.41) is 3.50. The Morgan fingerprint density at radius 3 is 2.38 bits per heavy atom. The molecule has 1 N–H and O–H groups in total. The maximum absolute atomic E-state index is 5.28. The minimum absolute atomic E-state index is 0.342. The van der Waals surface area contributed by atoms with E-state index in [2.05, 4.69) is 35.7 Å². The smallest absolute Gasteiger partial charge is 0.120 e. The fourth-order valence-electron chi connectivity index (χ4n) is 2.55. The minimum Gasteiger partial charge on any atom is -0.497 e. The van der Waals surface area contributed by atoms with E-state index in [1.165, 1.54) is 11.1 Å². The van der Waals surface area contributed by atoms with Crippen LogP contribution in [0.4, 0.5) is 5.69 Å². The van der Waals surface area contributed by atoms with Gasteiger partial charge in [-0.3, -0.25) is 0 Å². The first kappa shape index (κ1) is 13.6. The van der Waals surface area contributed by atoms with Gasteiger partial charge in [0.2, 0.25) is 0 Å². The molecule has 0 amide bonds. The summed E-state index contributed by atoms with van der Waals surface area (Å²) in [6.07, 6.45) is 4.41. The van der Waals surface area contributed by atoms with E-state index in [1.807, 2.05) is 24.3 Å². The lowest BCUT2D eigenvalue weighted by Crippen LogP contribution is -2.09. The molecule has 2 aromatic rings. The van der Waals surface area contributed by atoms with Crippen molar-refractivity contribution in [3.05, 3.63) is 59.7 Å². The fraction of sp³-hybridized carbons (Fsp3) is 0.222. The van der Waals surface area contributed by atoms with E-state index in [0.717, 1.165) is 23.7 Å². The molecule has 3 rings (SSSR count). The molecule has 0 fully saturated rings. The Bertz CT molecular complexity index is 647. The molecular formula is C18H19NO2. The summed E-state index contributed by atoms with van der Waals surface area (Å²) in [5.74, 6) is 2.10.